The maximum atomic E-state index is 12.6. The zero-order valence-electron chi connectivity index (χ0n) is 16.0. The Hall–Kier alpha value is -3.61. The molecule has 1 amide bonds. The molecule has 1 N–H and O–H groups in total. The first kappa shape index (κ1) is 18.7. The van der Waals surface area contributed by atoms with Crippen LogP contribution in [0.1, 0.15) is 30.0 Å². The number of anilines is 2. The van der Waals surface area contributed by atoms with Crippen LogP contribution < -0.4 is 5.32 Å². The summed E-state index contributed by atoms with van der Waals surface area (Å²) in [4.78, 5) is 31.8. The number of carbonyl (C=O) groups excluding carboxylic acids is 1. The molecule has 1 saturated heterocycles. The minimum Gasteiger partial charge on any atom is -0.338 e. The number of hydrogen-bond acceptors (Lipinski definition) is 6. The van der Waals surface area contributed by atoms with Crippen LogP contribution in [0.25, 0.3) is 6.08 Å². The lowest BCUT2D eigenvalue weighted by molar-refractivity contribution is -0.127. The number of nitrogens with zero attached hydrogens (tertiary/aromatic N) is 5. The van der Waals surface area contributed by atoms with Gasteiger partial charge in [0.1, 0.15) is 11.6 Å². The van der Waals surface area contributed by atoms with E-state index in [0.717, 1.165) is 36.5 Å². The van der Waals surface area contributed by atoms with E-state index in [4.69, 9.17) is 0 Å². The third-order valence-electron chi connectivity index (χ3n) is 4.85. The lowest BCUT2D eigenvalue weighted by Crippen LogP contribution is -2.38. The molecule has 0 spiro atoms. The first-order valence-electron chi connectivity index (χ1n) is 9.65. The second-order valence-corrected chi connectivity index (χ2v) is 6.91. The van der Waals surface area contributed by atoms with Crippen molar-refractivity contribution in [3.63, 3.8) is 0 Å². The van der Waals surface area contributed by atoms with Gasteiger partial charge in [-0.15, -0.1) is 0 Å². The molecule has 146 valence electrons. The van der Waals surface area contributed by atoms with Gasteiger partial charge in [-0.1, -0.05) is 12.1 Å². The van der Waals surface area contributed by atoms with Crippen molar-refractivity contribution in [3.05, 3.63) is 78.6 Å². The average Bonchev–Trinajstić information content (AvgIpc) is 2.79. The van der Waals surface area contributed by atoms with Crippen LogP contribution in [-0.2, 0) is 4.79 Å². The largest absolute Gasteiger partial charge is 0.338 e. The van der Waals surface area contributed by atoms with Gasteiger partial charge in [-0.2, -0.15) is 0 Å². The topological polar surface area (TPSA) is 83.9 Å². The monoisotopic (exact) mass is 386 g/mol. The number of carbonyl (C=O) groups is 1. The van der Waals surface area contributed by atoms with Gasteiger partial charge in [0.25, 0.3) is 0 Å². The Morgan fingerprint density at radius 1 is 1.03 bits per heavy atom. The van der Waals surface area contributed by atoms with Gasteiger partial charge in [-0.05, 0) is 42.7 Å². The molecule has 0 saturated carbocycles. The molecule has 0 bridgehead atoms. The lowest BCUT2D eigenvalue weighted by atomic mass is 9.95. The van der Waals surface area contributed by atoms with E-state index < -0.39 is 0 Å². The number of hydrogen-bond donors (Lipinski definition) is 1. The molecule has 7 nitrogen and oxygen atoms in total. The van der Waals surface area contributed by atoms with Crippen molar-refractivity contribution in [2.75, 3.05) is 18.4 Å². The molecule has 3 aromatic heterocycles. The van der Waals surface area contributed by atoms with Crippen LogP contribution in [0, 0.1) is 0 Å². The maximum absolute atomic E-state index is 12.6. The summed E-state index contributed by atoms with van der Waals surface area (Å²) in [6, 6.07) is 9.42. The Labute approximate surface area is 169 Å². The second-order valence-electron chi connectivity index (χ2n) is 6.91. The lowest BCUT2D eigenvalue weighted by Gasteiger charge is -2.31. The third-order valence-corrected chi connectivity index (χ3v) is 4.85. The average molecular weight is 386 g/mol. The van der Waals surface area contributed by atoms with Gasteiger partial charge < -0.3 is 10.2 Å². The van der Waals surface area contributed by atoms with Crippen molar-refractivity contribution in [1.82, 2.24) is 24.8 Å². The molecule has 1 atom stereocenters. The minimum absolute atomic E-state index is 0.0138. The number of amides is 1. The Balaban J connectivity index is 1.37. The summed E-state index contributed by atoms with van der Waals surface area (Å²) in [5.74, 6) is 1.58. The summed E-state index contributed by atoms with van der Waals surface area (Å²) in [6.45, 7) is 1.41. The van der Waals surface area contributed by atoms with Crippen molar-refractivity contribution in [2.45, 2.75) is 18.8 Å². The predicted molar refractivity (Wildman–Crippen MR) is 111 cm³/mol. The SMILES string of the molecule is O=C(/C=C/c1cccnc1)N1CCC[C@@H](c2cnc(Nc3ccccn3)cn2)C1. The molecule has 4 rings (SSSR count). The molecule has 0 aliphatic carbocycles. The smallest absolute Gasteiger partial charge is 0.246 e. The van der Waals surface area contributed by atoms with Crippen LogP contribution in [-0.4, -0.2) is 43.8 Å². The minimum atomic E-state index is 0.0138. The van der Waals surface area contributed by atoms with Crippen LogP contribution in [0.4, 0.5) is 11.6 Å². The fourth-order valence-electron chi connectivity index (χ4n) is 3.35. The molecule has 1 fully saturated rings. The molecule has 1 aliphatic heterocycles. The molecule has 0 radical (unpaired) electrons. The highest BCUT2D eigenvalue weighted by atomic mass is 16.2. The van der Waals surface area contributed by atoms with E-state index in [0.29, 0.717) is 12.4 Å². The number of piperidine rings is 1. The number of aromatic nitrogens is 4. The highest BCUT2D eigenvalue weighted by molar-refractivity contribution is 5.91. The van der Waals surface area contributed by atoms with E-state index in [1.807, 2.05) is 35.2 Å². The maximum Gasteiger partial charge on any atom is 0.246 e. The van der Waals surface area contributed by atoms with Crippen LogP contribution in [0.3, 0.4) is 0 Å². The summed E-state index contributed by atoms with van der Waals surface area (Å²) in [7, 11) is 0. The highest BCUT2D eigenvalue weighted by Crippen LogP contribution is 2.26. The number of pyridine rings is 2. The van der Waals surface area contributed by atoms with Gasteiger partial charge in [0.2, 0.25) is 5.91 Å². The third kappa shape index (κ3) is 5.01. The van der Waals surface area contributed by atoms with E-state index in [9.17, 15) is 4.79 Å². The van der Waals surface area contributed by atoms with Crippen molar-refractivity contribution >= 4 is 23.6 Å². The Bertz CT molecular complexity index is 960. The Morgan fingerprint density at radius 3 is 2.76 bits per heavy atom. The standard InChI is InChI=1S/C22H22N6O/c29-22(9-8-17-5-3-10-23-13-17)28-12-4-6-18(16-28)19-14-26-21(15-25-19)27-20-7-1-2-11-24-20/h1-3,5,7-11,13-15,18H,4,6,12,16H2,(H,24,26,27)/b9-8+/t18-/m1/s1. The van der Waals surface area contributed by atoms with E-state index >= 15 is 0 Å². The molecule has 1 aliphatic rings. The fourth-order valence-corrected chi connectivity index (χ4v) is 3.35. The number of rotatable bonds is 5. The molecule has 7 heteroatoms. The molecule has 29 heavy (non-hydrogen) atoms. The molecular weight excluding hydrogens is 364 g/mol. The first-order chi connectivity index (χ1) is 14.3. The number of likely N-dealkylation sites (tertiary alicyclic amines) is 1. The van der Waals surface area contributed by atoms with Gasteiger partial charge in [0.15, 0.2) is 0 Å². The normalized spacial score (nSPS) is 16.7. The van der Waals surface area contributed by atoms with Gasteiger partial charge in [0.05, 0.1) is 18.1 Å². The van der Waals surface area contributed by atoms with Crippen molar-refractivity contribution in [2.24, 2.45) is 0 Å². The van der Waals surface area contributed by atoms with E-state index in [1.165, 1.54) is 0 Å². The summed E-state index contributed by atoms with van der Waals surface area (Å²) < 4.78 is 0. The predicted octanol–water partition coefficient (Wildman–Crippen LogP) is 3.43. The van der Waals surface area contributed by atoms with Gasteiger partial charge in [0, 0.05) is 43.7 Å². The Kier molecular flexibility index (Phi) is 5.85. The van der Waals surface area contributed by atoms with Gasteiger partial charge in [-0.25, -0.2) is 9.97 Å². The van der Waals surface area contributed by atoms with E-state index in [-0.39, 0.29) is 11.8 Å². The summed E-state index contributed by atoms with van der Waals surface area (Å²) in [6.07, 6.45) is 14.0. The molecular formula is C22H22N6O. The van der Waals surface area contributed by atoms with Crippen LogP contribution >= 0.6 is 0 Å². The summed E-state index contributed by atoms with van der Waals surface area (Å²) >= 11 is 0. The zero-order valence-corrected chi connectivity index (χ0v) is 16.0. The highest BCUT2D eigenvalue weighted by Gasteiger charge is 2.24. The molecule has 3 aromatic rings. The first-order valence-corrected chi connectivity index (χ1v) is 9.65. The van der Waals surface area contributed by atoms with Crippen LogP contribution in [0.5, 0.6) is 0 Å². The van der Waals surface area contributed by atoms with Crippen molar-refractivity contribution < 1.29 is 4.79 Å². The Morgan fingerprint density at radius 2 is 2.00 bits per heavy atom. The van der Waals surface area contributed by atoms with Crippen LogP contribution in [0.15, 0.2) is 67.4 Å². The van der Waals surface area contributed by atoms with Crippen molar-refractivity contribution in [3.8, 4) is 0 Å². The molecule has 4 heterocycles. The zero-order chi connectivity index (χ0) is 19.9. The van der Waals surface area contributed by atoms with Gasteiger partial charge in [-0.3, -0.25) is 14.8 Å². The van der Waals surface area contributed by atoms with E-state index in [1.54, 1.807) is 43.1 Å². The van der Waals surface area contributed by atoms with Crippen molar-refractivity contribution in [1.29, 1.82) is 0 Å². The summed E-state index contributed by atoms with van der Waals surface area (Å²) in [5, 5.41) is 3.13. The number of nitrogens with one attached hydrogen (secondary N) is 1. The quantitative estimate of drug-likeness (QED) is 0.677. The van der Waals surface area contributed by atoms with Crippen LogP contribution in [0.2, 0.25) is 0 Å². The van der Waals surface area contributed by atoms with Gasteiger partial charge >= 0.3 is 0 Å². The second kappa shape index (κ2) is 9.05. The molecule has 0 aromatic carbocycles. The van der Waals surface area contributed by atoms with E-state index in [2.05, 4.69) is 25.3 Å². The fraction of sp³-hybridized carbons (Fsp3) is 0.227. The summed E-state index contributed by atoms with van der Waals surface area (Å²) in [5.41, 5.74) is 1.82. The molecule has 0 unspecified atom stereocenters.